The Morgan fingerprint density at radius 2 is 2.20 bits per heavy atom. The fourth-order valence-corrected chi connectivity index (χ4v) is 1.33. The first-order valence-corrected chi connectivity index (χ1v) is 4.92. The predicted molar refractivity (Wildman–Crippen MR) is 57.8 cm³/mol. The van der Waals surface area contributed by atoms with Crippen LogP contribution in [0.4, 0.5) is 5.82 Å². The molecule has 0 N–H and O–H groups in total. The van der Waals surface area contributed by atoms with Gasteiger partial charge in [-0.3, -0.25) is 0 Å². The van der Waals surface area contributed by atoms with Crippen LogP contribution in [0.5, 0.6) is 0 Å². The number of hydrogen-bond acceptors (Lipinski definition) is 3. The van der Waals surface area contributed by atoms with Gasteiger partial charge < -0.3 is 10.1 Å². The molecule has 1 rings (SSSR count). The van der Waals surface area contributed by atoms with Crippen LogP contribution in [-0.4, -0.2) is 14.7 Å². The lowest BCUT2D eigenvalue weighted by atomic mass is 10.1. The number of hydrogen-bond donors (Lipinski definition) is 0. The van der Waals surface area contributed by atoms with Crippen molar-refractivity contribution in [1.82, 2.24) is 9.78 Å². The SMILES string of the molecule is [2H]C([2H])(c1cnn(C(C)C)c1[N+](=O)[O-])C(C)C. The van der Waals surface area contributed by atoms with E-state index in [0.717, 1.165) is 0 Å². The Balaban J connectivity index is 3.41. The molecule has 15 heavy (non-hydrogen) atoms. The van der Waals surface area contributed by atoms with E-state index in [9.17, 15) is 10.1 Å². The van der Waals surface area contributed by atoms with Crippen molar-refractivity contribution < 1.29 is 7.66 Å². The molecule has 0 unspecified atom stereocenters. The number of nitrogens with zero attached hydrogens (tertiary/aromatic N) is 3. The van der Waals surface area contributed by atoms with Crippen molar-refractivity contribution in [2.45, 2.75) is 40.1 Å². The van der Waals surface area contributed by atoms with Crippen LogP contribution in [0.25, 0.3) is 0 Å². The van der Waals surface area contributed by atoms with Crippen LogP contribution in [0.2, 0.25) is 0 Å². The minimum absolute atomic E-state index is 0.0474. The Kier molecular flexibility index (Phi) is 2.62. The fraction of sp³-hybridized carbons (Fsp3) is 0.700. The second-order valence-electron chi connectivity index (χ2n) is 3.98. The maximum absolute atomic E-state index is 11.1. The Morgan fingerprint density at radius 3 is 2.60 bits per heavy atom. The van der Waals surface area contributed by atoms with Crippen LogP contribution in [-0.2, 0) is 6.37 Å². The van der Waals surface area contributed by atoms with Crippen LogP contribution in [0.3, 0.4) is 0 Å². The smallest absolute Gasteiger partial charge is 0.348 e. The highest BCUT2D eigenvalue weighted by Crippen LogP contribution is 2.24. The molecule has 0 radical (unpaired) electrons. The minimum atomic E-state index is -1.75. The quantitative estimate of drug-likeness (QED) is 0.570. The zero-order valence-corrected chi connectivity index (χ0v) is 9.39. The molecule has 0 aromatic carbocycles. The molecule has 1 heterocycles. The van der Waals surface area contributed by atoms with Gasteiger partial charge in [-0.25, -0.2) is 0 Å². The fourth-order valence-electron chi connectivity index (χ4n) is 1.33. The molecule has 0 saturated heterocycles. The van der Waals surface area contributed by atoms with Crippen LogP contribution in [0, 0.1) is 16.0 Å². The highest BCUT2D eigenvalue weighted by molar-refractivity contribution is 5.32. The summed E-state index contributed by atoms with van der Waals surface area (Å²) in [4.78, 5) is 10.5. The van der Waals surface area contributed by atoms with Gasteiger partial charge in [-0.15, -0.1) is 4.68 Å². The largest absolute Gasteiger partial charge is 0.358 e. The Morgan fingerprint density at radius 1 is 1.60 bits per heavy atom. The van der Waals surface area contributed by atoms with E-state index in [0.29, 0.717) is 0 Å². The monoisotopic (exact) mass is 213 g/mol. The summed E-state index contributed by atoms with van der Waals surface area (Å²) in [6.07, 6.45) is -0.492. The summed E-state index contributed by atoms with van der Waals surface area (Å²) in [5.41, 5.74) is 0.0474. The van der Waals surface area contributed by atoms with Crippen molar-refractivity contribution in [2.24, 2.45) is 5.92 Å². The third-order valence-corrected chi connectivity index (χ3v) is 1.88. The molecular weight excluding hydrogens is 194 g/mol. The average molecular weight is 213 g/mol. The molecule has 0 aliphatic rings. The molecule has 0 saturated carbocycles. The van der Waals surface area contributed by atoms with E-state index in [1.54, 1.807) is 27.7 Å². The van der Waals surface area contributed by atoms with Crippen molar-refractivity contribution >= 4 is 5.82 Å². The normalized spacial score (nSPS) is 14.3. The Bertz CT molecular complexity index is 427. The van der Waals surface area contributed by atoms with Crippen molar-refractivity contribution in [1.29, 1.82) is 0 Å². The molecule has 1 aromatic heterocycles. The summed E-state index contributed by atoms with van der Waals surface area (Å²) < 4.78 is 17.1. The lowest BCUT2D eigenvalue weighted by Crippen LogP contribution is -2.08. The van der Waals surface area contributed by atoms with Crippen molar-refractivity contribution in [3.05, 3.63) is 21.9 Å². The number of rotatable bonds is 4. The Hall–Kier alpha value is -1.39. The van der Waals surface area contributed by atoms with Gasteiger partial charge in [0.1, 0.15) is 6.04 Å². The van der Waals surface area contributed by atoms with Gasteiger partial charge in [0.15, 0.2) is 0 Å². The zero-order valence-electron chi connectivity index (χ0n) is 11.4. The summed E-state index contributed by atoms with van der Waals surface area (Å²) in [7, 11) is 0. The minimum Gasteiger partial charge on any atom is -0.358 e. The third kappa shape index (κ3) is 2.55. The number of nitro groups is 1. The first-order chi connectivity index (χ1) is 7.69. The Labute approximate surface area is 92.1 Å². The van der Waals surface area contributed by atoms with Crippen molar-refractivity contribution in [2.75, 3.05) is 0 Å². The van der Waals surface area contributed by atoms with E-state index >= 15 is 0 Å². The van der Waals surface area contributed by atoms with Gasteiger partial charge in [0.25, 0.3) is 0 Å². The van der Waals surface area contributed by atoms with Gasteiger partial charge in [0, 0.05) is 2.74 Å². The van der Waals surface area contributed by atoms with Gasteiger partial charge in [-0.2, -0.15) is 0 Å². The maximum Gasteiger partial charge on any atom is 0.348 e. The summed E-state index contributed by atoms with van der Waals surface area (Å²) in [5.74, 6) is -0.607. The first-order valence-electron chi connectivity index (χ1n) is 5.92. The summed E-state index contributed by atoms with van der Waals surface area (Å²) in [6, 6.07) is -0.174. The average Bonchev–Trinajstić information content (AvgIpc) is 2.61. The van der Waals surface area contributed by atoms with E-state index in [1.165, 1.54) is 10.9 Å². The summed E-state index contributed by atoms with van der Waals surface area (Å²) >= 11 is 0. The summed E-state index contributed by atoms with van der Waals surface area (Å²) in [6.45, 7) is 6.93. The van der Waals surface area contributed by atoms with Crippen LogP contribution in [0.1, 0.15) is 42.0 Å². The molecule has 0 bridgehead atoms. The van der Waals surface area contributed by atoms with Gasteiger partial charge in [-0.05, 0) is 31.1 Å². The van der Waals surface area contributed by atoms with Crippen molar-refractivity contribution in [3.63, 3.8) is 0 Å². The molecule has 0 spiro atoms. The first kappa shape index (κ1) is 8.88. The lowest BCUT2D eigenvalue weighted by molar-refractivity contribution is -0.393. The van der Waals surface area contributed by atoms with E-state index in [2.05, 4.69) is 5.10 Å². The molecule has 0 fully saturated rings. The van der Waals surface area contributed by atoms with Gasteiger partial charge in [-0.1, -0.05) is 18.9 Å². The van der Waals surface area contributed by atoms with Gasteiger partial charge in [0.05, 0.1) is 11.8 Å². The molecule has 1 aromatic rings. The molecule has 0 aliphatic heterocycles. The molecule has 5 heteroatoms. The van der Waals surface area contributed by atoms with Gasteiger partial charge >= 0.3 is 5.82 Å². The topological polar surface area (TPSA) is 61.0 Å². The zero-order chi connectivity index (χ0) is 13.4. The van der Waals surface area contributed by atoms with Crippen LogP contribution in [0.15, 0.2) is 6.20 Å². The second kappa shape index (κ2) is 4.42. The van der Waals surface area contributed by atoms with E-state index in [1.807, 2.05) is 0 Å². The van der Waals surface area contributed by atoms with Crippen LogP contribution >= 0.6 is 0 Å². The number of aromatic nitrogens is 2. The highest BCUT2D eigenvalue weighted by atomic mass is 16.6. The molecule has 0 amide bonds. The molecule has 0 aliphatic carbocycles. The van der Waals surface area contributed by atoms with Crippen LogP contribution < -0.4 is 0 Å². The molecule has 0 atom stereocenters. The standard InChI is InChI=1S/C10H17N3O2/c1-7(2)5-9-6-11-12(8(3)4)10(9)13(14)15/h6-8H,5H2,1-4H3/i5D2. The van der Waals surface area contributed by atoms with Gasteiger partial charge in [0.2, 0.25) is 0 Å². The van der Waals surface area contributed by atoms with Crippen molar-refractivity contribution in [3.8, 4) is 0 Å². The lowest BCUT2D eigenvalue weighted by Gasteiger charge is -2.05. The summed E-state index contributed by atoms with van der Waals surface area (Å²) in [5, 5.41) is 15.0. The van der Waals surface area contributed by atoms with E-state index in [4.69, 9.17) is 2.74 Å². The second-order valence-corrected chi connectivity index (χ2v) is 3.98. The molecule has 5 nitrogen and oxygen atoms in total. The predicted octanol–water partition coefficient (Wildman–Crippen LogP) is 2.57. The molecular formula is C10H17N3O2. The van der Waals surface area contributed by atoms with E-state index < -0.39 is 11.3 Å². The highest BCUT2D eigenvalue weighted by Gasteiger charge is 2.23. The third-order valence-electron chi connectivity index (χ3n) is 1.88. The molecule has 84 valence electrons. The van der Waals surface area contributed by atoms with E-state index in [-0.39, 0.29) is 23.3 Å². The maximum atomic E-state index is 11.1.